The Hall–Kier alpha value is -0.353. The minimum absolute atomic E-state index is 0.0389. The molecule has 1 aliphatic rings. The van der Waals surface area contributed by atoms with Crippen LogP contribution in [0.3, 0.4) is 0 Å². The van der Waals surface area contributed by atoms with Gasteiger partial charge in [-0.15, -0.1) is 0 Å². The van der Waals surface area contributed by atoms with Crippen LogP contribution in [0.1, 0.15) is 46.5 Å². The predicted octanol–water partition coefficient (Wildman–Crippen LogP) is 3.30. The molecule has 0 heterocycles. The Morgan fingerprint density at radius 2 is 1.72 bits per heavy atom. The van der Waals surface area contributed by atoms with Crippen LogP contribution in [-0.4, -0.2) is 20.8 Å². The van der Waals surface area contributed by atoms with E-state index in [4.69, 9.17) is 10.2 Å². The average molecular weight is 271 g/mol. The van der Waals surface area contributed by atoms with Crippen LogP contribution in [0, 0.1) is 11.8 Å². The molecule has 1 rings (SSSR count). The highest BCUT2D eigenvalue weighted by Crippen LogP contribution is 2.38. The summed E-state index contributed by atoms with van der Waals surface area (Å²) in [4.78, 5) is 12.2. The summed E-state index contributed by atoms with van der Waals surface area (Å²) in [5, 5.41) is 0.0944. The van der Waals surface area contributed by atoms with Gasteiger partial charge in [0.2, 0.25) is 0 Å². The Bertz CT molecular complexity index is 289. The summed E-state index contributed by atoms with van der Waals surface area (Å²) in [5.74, 6) is 0.765. The molecule has 1 aliphatic carbocycles. The number of carbonyl (C=O) groups is 1. The Balaban J connectivity index is 2.52. The van der Waals surface area contributed by atoms with E-state index in [1.807, 2.05) is 0 Å². The molecule has 0 unspecified atom stereocenters. The lowest BCUT2D eigenvalue weighted by Crippen LogP contribution is -2.44. The molecule has 0 atom stereocenters. The third-order valence-corrected chi connectivity index (χ3v) is 9.00. The molecule has 18 heavy (non-hydrogen) atoms. The lowest BCUT2D eigenvalue weighted by molar-refractivity contribution is -0.141. The summed E-state index contributed by atoms with van der Waals surface area (Å²) in [5.41, 5.74) is 5.67. The zero-order valence-electron chi connectivity index (χ0n) is 12.6. The van der Waals surface area contributed by atoms with E-state index < -0.39 is 8.32 Å². The summed E-state index contributed by atoms with van der Waals surface area (Å²) >= 11 is 0. The van der Waals surface area contributed by atoms with Crippen LogP contribution in [0.15, 0.2) is 0 Å². The van der Waals surface area contributed by atoms with Gasteiger partial charge >= 0.3 is 0 Å². The molecule has 1 saturated carbocycles. The third kappa shape index (κ3) is 3.82. The second-order valence-corrected chi connectivity index (χ2v) is 11.9. The first-order valence-electron chi connectivity index (χ1n) is 7.10. The van der Waals surface area contributed by atoms with E-state index in [9.17, 15) is 4.79 Å². The molecule has 0 aliphatic heterocycles. The molecule has 0 bridgehead atoms. The second-order valence-electron chi connectivity index (χ2n) is 7.13. The highest BCUT2D eigenvalue weighted by Gasteiger charge is 2.41. The van der Waals surface area contributed by atoms with E-state index in [-0.39, 0.29) is 16.9 Å². The molecule has 106 valence electrons. The molecule has 2 N–H and O–H groups in total. The summed E-state index contributed by atoms with van der Waals surface area (Å²) in [7, 11) is -1.95. The maximum absolute atomic E-state index is 12.2. The lowest BCUT2D eigenvalue weighted by Gasteiger charge is -2.37. The highest BCUT2D eigenvalue weighted by molar-refractivity contribution is 6.75. The van der Waals surface area contributed by atoms with Gasteiger partial charge in [0, 0.05) is 0 Å². The molecule has 0 aromatic heterocycles. The topological polar surface area (TPSA) is 52.3 Å². The fourth-order valence-electron chi connectivity index (χ4n) is 2.12. The summed E-state index contributed by atoms with van der Waals surface area (Å²) in [6.07, 6.45) is 4.06. The van der Waals surface area contributed by atoms with E-state index >= 15 is 0 Å². The van der Waals surface area contributed by atoms with Gasteiger partial charge in [0.1, 0.15) is 0 Å². The third-order valence-electron chi connectivity index (χ3n) is 4.68. The fraction of sp³-hybridized carbons (Fsp3) is 0.929. The van der Waals surface area contributed by atoms with E-state index in [2.05, 4.69) is 33.9 Å². The number of rotatable bonds is 3. The zero-order chi connectivity index (χ0) is 14.0. The van der Waals surface area contributed by atoms with Crippen molar-refractivity contribution < 1.29 is 9.22 Å². The number of hydrogen-bond donors (Lipinski definition) is 1. The largest absolute Gasteiger partial charge is 0.519 e. The minimum atomic E-state index is -1.95. The smallest absolute Gasteiger partial charge is 0.295 e. The second kappa shape index (κ2) is 5.74. The van der Waals surface area contributed by atoms with E-state index in [1.165, 1.54) is 0 Å². The molecule has 0 saturated heterocycles. The summed E-state index contributed by atoms with van der Waals surface area (Å²) < 4.78 is 5.88. The van der Waals surface area contributed by atoms with Crippen molar-refractivity contribution in [2.45, 2.75) is 64.6 Å². The van der Waals surface area contributed by atoms with Gasteiger partial charge in [0.25, 0.3) is 14.3 Å². The maximum Gasteiger partial charge on any atom is 0.295 e. The van der Waals surface area contributed by atoms with Crippen molar-refractivity contribution in [1.29, 1.82) is 0 Å². The monoisotopic (exact) mass is 271 g/mol. The van der Waals surface area contributed by atoms with Crippen LogP contribution in [0.25, 0.3) is 0 Å². The van der Waals surface area contributed by atoms with Crippen LogP contribution < -0.4 is 5.73 Å². The Kier molecular flexibility index (Phi) is 5.01. The molecule has 0 radical (unpaired) electrons. The Morgan fingerprint density at radius 1 is 1.22 bits per heavy atom. The van der Waals surface area contributed by atoms with Crippen molar-refractivity contribution in [2.24, 2.45) is 17.6 Å². The van der Waals surface area contributed by atoms with Gasteiger partial charge in [-0.1, -0.05) is 20.8 Å². The number of hydrogen-bond acceptors (Lipinski definition) is 3. The van der Waals surface area contributed by atoms with Crippen molar-refractivity contribution in [3.8, 4) is 0 Å². The normalized spacial score (nSPS) is 25.9. The molecular weight excluding hydrogens is 242 g/mol. The maximum atomic E-state index is 12.2. The molecule has 0 spiro atoms. The van der Waals surface area contributed by atoms with Gasteiger partial charge in [-0.3, -0.25) is 4.79 Å². The molecule has 0 aromatic rings. The zero-order valence-corrected chi connectivity index (χ0v) is 13.6. The van der Waals surface area contributed by atoms with E-state index in [1.54, 1.807) is 0 Å². The Morgan fingerprint density at radius 3 is 2.11 bits per heavy atom. The van der Waals surface area contributed by atoms with Gasteiger partial charge in [-0.2, -0.15) is 0 Å². The Labute approximate surface area is 113 Å². The average Bonchev–Trinajstić information content (AvgIpc) is 2.27. The predicted molar refractivity (Wildman–Crippen MR) is 77.8 cm³/mol. The van der Waals surface area contributed by atoms with Crippen molar-refractivity contribution in [3.05, 3.63) is 0 Å². The quantitative estimate of drug-likeness (QED) is 0.801. The number of carbonyl (C=O) groups excluding carboxylic acids is 1. The van der Waals surface area contributed by atoms with Crippen molar-refractivity contribution in [3.63, 3.8) is 0 Å². The van der Waals surface area contributed by atoms with Gasteiger partial charge in [-0.25, -0.2) is 0 Å². The van der Waals surface area contributed by atoms with Crippen LogP contribution >= 0.6 is 0 Å². The molecule has 1 fully saturated rings. The molecule has 0 aromatic carbocycles. The lowest BCUT2D eigenvalue weighted by atomic mass is 9.82. The molecule has 0 amide bonds. The molecule has 3 nitrogen and oxygen atoms in total. The van der Waals surface area contributed by atoms with Crippen LogP contribution in [0.5, 0.6) is 0 Å². The van der Waals surface area contributed by atoms with Crippen molar-refractivity contribution in [2.75, 3.05) is 6.54 Å². The standard InChI is InChI=1S/C14H29NO2Si/c1-14(2,3)18(4,5)17-13(16)12-8-6-11(10-15)7-9-12/h11-12H,6-10,15H2,1-5H3. The van der Waals surface area contributed by atoms with E-state index in [0.29, 0.717) is 5.92 Å². The summed E-state index contributed by atoms with van der Waals surface area (Å²) in [6.45, 7) is 11.5. The van der Waals surface area contributed by atoms with Crippen molar-refractivity contribution >= 4 is 14.3 Å². The first-order chi connectivity index (χ1) is 8.17. The SMILES string of the molecule is CC(C)(C)[Si](C)(C)OC(=O)C1CCC(CN)CC1. The van der Waals surface area contributed by atoms with Crippen LogP contribution in [0.2, 0.25) is 18.1 Å². The first kappa shape index (κ1) is 15.7. The van der Waals surface area contributed by atoms with Gasteiger partial charge in [0.05, 0.1) is 5.92 Å². The van der Waals surface area contributed by atoms with Gasteiger partial charge < -0.3 is 10.2 Å². The van der Waals surface area contributed by atoms with Gasteiger partial charge in [0.15, 0.2) is 0 Å². The van der Waals surface area contributed by atoms with E-state index in [0.717, 1.165) is 32.2 Å². The van der Waals surface area contributed by atoms with Crippen molar-refractivity contribution in [1.82, 2.24) is 0 Å². The molecular formula is C14H29NO2Si. The highest BCUT2D eigenvalue weighted by atomic mass is 28.4. The minimum Gasteiger partial charge on any atom is -0.519 e. The van der Waals surface area contributed by atoms with Gasteiger partial charge in [-0.05, 0) is 56.3 Å². The molecule has 4 heteroatoms. The van der Waals surface area contributed by atoms with Crippen LogP contribution in [0.4, 0.5) is 0 Å². The summed E-state index contributed by atoms with van der Waals surface area (Å²) in [6, 6.07) is 0. The first-order valence-corrected chi connectivity index (χ1v) is 10.0. The van der Waals surface area contributed by atoms with Crippen LogP contribution in [-0.2, 0) is 9.22 Å². The number of nitrogens with two attached hydrogens (primary N) is 1. The fourth-order valence-corrected chi connectivity index (χ4v) is 3.10.